The van der Waals surface area contributed by atoms with E-state index in [2.05, 4.69) is 20.5 Å². The predicted octanol–water partition coefficient (Wildman–Crippen LogP) is 3.38. The molecule has 12 nitrogen and oxygen atoms in total. The third kappa shape index (κ3) is 3.46. The van der Waals surface area contributed by atoms with Crippen LogP contribution in [-0.2, 0) is 10.1 Å². The fraction of sp³-hybridized carbons (Fsp3) is 0.167. The quantitative estimate of drug-likeness (QED) is 0.251. The number of phenolic OH excluding ortho intramolecular Hbond substituents is 1. The van der Waals surface area contributed by atoms with E-state index in [1.807, 2.05) is 0 Å². The molecular weight excluding hydrogens is 390 g/mol. The molecule has 0 heterocycles. The third-order valence-electron chi connectivity index (χ3n) is 3.29. The van der Waals surface area contributed by atoms with Gasteiger partial charge in [0.1, 0.15) is 27.1 Å². The first-order valence-electron chi connectivity index (χ1n) is 6.63. The standard InChI is InChI=1S/C12H15N5O7S2/c1-14-16-10-6(25(19,20)21)3-5-4-7(26(22,23)24)11(17-15-2)12(18)8(5)9(10)13/h3-4,18,22-24H,13H2,1-2H3,(H,19,20,21). The minimum absolute atomic E-state index is 0.137. The van der Waals surface area contributed by atoms with Gasteiger partial charge >= 0.3 is 0 Å². The molecule has 0 aliphatic carbocycles. The van der Waals surface area contributed by atoms with Crippen molar-refractivity contribution in [3.05, 3.63) is 12.1 Å². The number of aromatic hydroxyl groups is 1. The molecule has 2 aromatic carbocycles. The summed E-state index contributed by atoms with van der Waals surface area (Å²) in [4.78, 5) is -1.34. The lowest BCUT2D eigenvalue weighted by molar-refractivity contribution is 0.375. The summed E-state index contributed by atoms with van der Waals surface area (Å²) >= 11 is 0. The first kappa shape index (κ1) is 20.0. The molecule has 0 radical (unpaired) electrons. The van der Waals surface area contributed by atoms with Crippen molar-refractivity contribution in [1.29, 1.82) is 0 Å². The first-order chi connectivity index (χ1) is 11.9. The van der Waals surface area contributed by atoms with Crippen LogP contribution in [0.4, 0.5) is 17.1 Å². The molecule has 2 aromatic rings. The van der Waals surface area contributed by atoms with Crippen molar-refractivity contribution < 1.29 is 31.7 Å². The number of fused-ring (bicyclic) bond motifs is 1. The number of anilines is 1. The SMILES string of the molecule is CN=Nc1c(S(=O)(=O)O)cc2cc(S(O)(O)O)c(N=NC)c(O)c2c1N. The highest BCUT2D eigenvalue weighted by Crippen LogP contribution is 2.55. The van der Waals surface area contributed by atoms with Crippen molar-refractivity contribution in [2.45, 2.75) is 9.79 Å². The van der Waals surface area contributed by atoms with E-state index in [1.165, 1.54) is 14.1 Å². The van der Waals surface area contributed by atoms with Gasteiger partial charge in [-0.05, 0) is 17.5 Å². The van der Waals surface area contributed by atoms with Crippen LogP contribution in [0.2, 0.25) is 0 Å². The Morgan fingerprint density at radius 2 is 1.42 bits per heavy atom. The van der Waals surface area contributed by atoms with Crippen molar-refractivity contribution in [1.82, 2.24) is 0 Å². The highest BCUT2D eigenvalue weighted by molar-refractivity contribution is 8.19. The highest BCUT2D eigenvalue weighted by atomic mass is 32.3. The van der Waals surface area contributed by atoms with Crippen LogP contribution in [0.15, 0.2) is 42.4 Å². The van der Waals surface area contributed by atoms with E-state index in [-0.39, 0.29) is 16.5 Å². The summed E-state index contributed by atoms with van der Waals surface area (Å²) in [6.45, 7) is 0. The zero-order chi connectivity index (χ0) is 19.9. The highest BCUT2D eigenvalue weighted by Gasteiger charge is 2.29. The third-order valence-corrected chi connectivity index (χ3v) is 5.06. The molecule has 0 amide bonds. The largest absolute Gasteiger partial charge is 0.505 e. The van der Waals surface area contributed by atoms with Crippen LogP contribution in [-0.4, -0.2) is 45.8 Å². The average molecular weight is 405 g/mol. The van der Waals surface area contributed by atoms with Gasteiger partial charge in [0, 0.05) is 14.1 Å². The lowest BCUT2D eigenvalue weighted by Gasteiger charge is -2.22. The number of hydrogen-bond donors (Lipinski definition) is 6. The molecule has 0 unspecified atom stereocenters. The Morgan fingerprint density at radius 3 is 1.88 bits per heavy atom. The number of nitrogen functional groups attached to an aromatic ring is 1. The Morgan fingerprint density at radius 1 is 0.923 bits per heavy atom. The maximum absolute atomic E-state index is 11.6. The number of nitrogens with zero attached hydrogens (tertiary/aromatic N) is 4. The average Bonchev–Trinajstić information content (AvgIpc) is 2.50. The Labute approximate surface area is 149 Å². The molecule has 0 fully saturated rings. The number of rotatable bonds is 4. The molecule has 142 valence electrons. The van der Waals surface area contributed by atoms with Crippen LogP contribution in [0.3, 0.4) is 0 Å². The molecule has 0 atom stereocenters. The van der Waals surface area contributed by atoms with E-state index in [4.69, 9.17) is 5.73 Å². The van der Waals surface area contributed by atoms with E-state index in [1.54, 1.807) is 0 Å². The van der Waals surface area contributed by atoms with Gasteiger partial charge in [0.2, 0.25) is 0 Å². The predicted molar refractivity (Wildman–Crippen MR) is 94.5 cm³/mol. The van der Waals surface area contributed by atoms with Crippen molar-refractivity contribution in [3.63, 3.8) is 0 Å². The molecule has 0 saturated heterocycles. The van der Waals surface area contributed by atoms with Gasteiger partial charge in [-0.25, -0.2) is 0 Å². The summed E-state index contributed by atoms with van der Waals surface area (Å²) < 4.78 is 61.3. The molecule has 26 heavy (non-hydrogen) atoms. The maximum atomic E-state index is 11.6. The first-order valence-corrected chi connectivity index (χ1v) is 9.57. The van der Waals surface area contributed by atoms with Crippen LogP contribution in [0, 0.1) is 0 Å². The lowest BCUT2D eigenvalue weighted by Crippen LogP contribution is -2.03. The second kappa shape index (κ2) is 6.75. The normalized spacial score (nSPS) is 13.9. The number of benzene rings is 2. The van der Waals surface area contributed by atoms with Crippen LogP contribution in [0.1, 0.15) is 0 Å². The number of phenols is 1. The molecule has 0 aliphatic heterocycles. The minimum atomic E-state index is -4.79. The Bertz CT molecular complexity index is 1040. The molecule has 0 saturated carbocycles. The summed E-state index contributed by atoms with van der Waals surface area (Å²) in [7, 11) is -6.68. The minimum Gasteiger partial charge on any atom is -0.505 e. The fourth-order valence-corrected chi connectivity index (χ4v) is 3.67. The topological polar surface area (TPSA) is 211 Å². The van der Waals surface area contributed by atoms with E-state index >= 15 is 0 Å². The number of hydrogen-bond acceptors (Lipinski definition) is 11. The van der Waals surface area contributed by atoms with Crippen molar-refractivity contribution >= 4 is 48.8 Å². The summed E-state index contributed by atoms with van der Waals surface area (Å²) in [6.07, 6.45) is 0. The van der Waals surface area contributed by atoms with Crippen LogP contribution < -0.4 is 5.73 Å². The molecule has 14 heteroatoms. The number of nitrogens with two attached hydrogens (primary N) is 1. The van der Waals surface area contributed by atoms with Gasteiger partial charge in [0.15, 0.2) is 5.75 Å². The molecule has 0 spiro atoms. The van der Waals surface area contributed by atoms with Gasteiger partial charge in [-0.1, -0.05) is 0 Å². The zero-order valence-corrected chi connectivity index (χ0v) is 15.0. The second-order valence-electron chi connectivity index (χ2n) is 4.90. The van der Waals surface area contributed by atoms with Gasteiger partial charge in [0.25, 0.3) is 10.1 Å². The Balaban J connectivity index is 3.14. The smallest absolute Gasteiger partial charge is 0.296 e. The summed E-state index contributed by atoms with van der Waals surface area (Å²) in [5, 5.41) is 24.1. The molecule has 2 rings (SSSR count). The van der Waals surface area contributed by atoms with Crippen molar-refractivity contribution in [2.75, 3.05) is 19.8 Å². The Kier molecular flexibility index (Phi) is 5.18. The van der Waals surface area contributed by atoms with Gasteiger partial charge in [0.05, 0.1) is 16.0 Å². The molecule has 0 aliphatic rings. The van der Waals surface area contributed by atoms with Gasteiger partial charge in [-0.15, -0.1) is 0 Å². The lowest BCUT2D eigenvalue weighted by atomic mass is 10.1. The van der Waals surface area contributed by atoms with Crippen LogP contribution >= 0.6 is 10.9 Å². The fourth-order valence-electron chi connectivity index (χ4n) is 2.32. The van der Waals surface area contributed by atoms with Gasteiger partial charge in [-0.3, -0.25) is 4.55 Å². The zero-order valence-electron chi connectivity index (χ0n) is 13.4. The Hall–Kier alpha value is -2.36. The van der Waals surface area contributed by atoms with E-state index in [9.17, 15) is 31.7 Å². The van der Waals surface area contributed by atoms with Gasteiger partial charge in [-0.2, -0.15) is 28.9 Å². The molecule has 0 aromatic heterocycles. The molecule has 7 N–H and O–H groups in total. The van der Waals surface area contributed by atoms with Crippen LogP contribution in [0.5, 0.6) is 5.75 Å². The summed E-state index contributed by atoms with van der Waals surface area (Å²) in [5.74, 6) is -0.705. The van der Waals surface area contributed by atoms with E-state index in [0.717, 1.165) is 12.1 Å². The monoisotopic (exact) mass is 405 g/mol. The van der Waals surface area contributed by atoms with Crippen molar-refractivity contribution in [3.8, 4) is 5.75 Å². The summed E-state index contributed by atoms with van der Waals surface area (Å²) in [5.41, 5.74) is 4.61. The maximum Gasteiger partial charge on any atom is 0.296 e. The van der Waals surface area contributed by atoms with E-state index < -0.39 is 47.9 Å². The van der Waals surface area contributed by atoms with Crippen molar-refractivity contribution in [2.24, 2.45) is 20.5 Å². The number of azo groups is 2. The van der Waals surface area contributed by atoms with Crippen LogP contribution in [0.25, 0.3) is 10.8 Å². The second-order valence-corrected chi connectivity index (χ2v) is 7.77. The van der Waals surface area contributed by atoms with E-state index in [0.29, 0.717) is 0 Å². The molecule has 0 bridgehead atoms. The molecular formula is C12H15N5O7S2. The van der Waals surface area contributed by atoms with Gasteiger partial charge < -0.3 is 24.5 Å². The summed E-state index contributed by atoms with van der Waals surface area (Å²) in [6, 6.07) is 1.83.